The summed E-state index contributed by atoms with van der Waals surface area (Å²) in [6, 6.07) is 2.01. The zero-order valence-corrected chi connectivity index (χ0v) is 17.0. The molecule has 1 N–H and O–H groups in total. The van der Waals surface area contributed by atoms with Crippen molar-refractivity contribution in [2.24, 2.45) is 5.92 Å². The number of rotatable bonds is 10. The van der Waals surface area contributed by atoms with Crippen molar-refractivity contribution in [2.75, 3.05) is 35.0 Å². The predicted octanol–water partition coefficient (Wildman–Crippen LogP) is 1.57. The van der Waals surface area contributed by atoms with Crippen LogP contribution in [0, 0.1) is 5.92 Å². The fourth-order valence-corrected chi connectivity index (χ4v) is 2.42. The summed E-state index contributed by atoms with van der Waals surface area (Å²) in [7, 11) is 5.52. The minimum absolute atomic E-state index is 0.119. The molecule has 1 rings (SSSR count). The Hall–Kier alpha value is -2.97. The molecule has 0 saturated heterocycles. The first kappa shape index (κ1) is 23.1. The number of hydrogen-bond donors (Lipinski definition) is 1. The first-order chi connectivity index (χ1) is 13.3. The standard InChI is InChI=1S/C19H27NO8/c1-7-11(2)16(19(23)27-6)20-15(21)10-28-18(22)12-8-13(24-3)17(26-5)14(9-12)25-4/h8-9,11,16H,7,10H2,1-6H3,(H,20,21)/t11-,16+/m0/s1. The lowest BCUT2D eigenvalue weighted by Gasteiger charge is -2.21. The van der Waals surface area contributed by atoms with Crippen molar-refractivity contribution >= 4 is 17.8 Å². The van der Waals surface area contributed by atoms with Crippen LogP contribution >= 0.6 is 0 Å². The molecular weight excluding hydrogens is 370 g/mol. The van der Waals surface area contributed by atoms with Crippen LogP contribution in [0.5, 0.6) is 17.2 Å². The third-order valence-electron chi connectivity index (χ3n) is 4.22. The highest BCUT2D eigenvalue weighted by molar-refractivity contribution is 5.93. The predicted molar refractivity (Wildman–Crippen MR) is 99.8 cm³/mol. The highest BCUT2D eigenvalue weighted by Gasteiger charge is 2.27. The van der Waals surface area contributed by atoms with Gasteiger partial charge in [0.1, 0.15) is 6.04 Å². The molecule has 9 heteroatoms. The highest BCUT2D eigenvalue weighted by Crippen LogP contribution is 2.38. The zero-order valence-electron chi connectivity index (χ0n) is 17.0. The molecule has 1 aromatic carbocycles. The summed E-state index contributed by atoms with van der Waals surface area (Å²) in [5.74, 6) is -1.18. The van der Waals surface area contributed by atoms with E-state index in [1.54, 1.807) is 0 Å². The molecule has 28 heavy (non-hydrogen) atoms. The summed E-state index contributed by atoms with van der Waals surface area (Å²) >= 11 is 0. The van der Waals surface area contributed by atoms with Crippen LogP contribution in [-0.2, 0) is 19.1 Å². The average molecular weight is 397 g/mol. The smallest absolute Gasteiger partial charge is 0.338 e. The Morgan fingerprint density at radius 1 is 1.00 bits per heavy atom. The highest BCUT2D eigenvalue weighted by atomic mass is 16.5. The SMILES string of the molecule is CC[C@H](C)[C@@H](NC(=O)COC(=O)c1cc(OC)c(OC)c(OC)c1)C(=O)OC. The molecule has 0 radical (unpaired) electrons. The lowest BCUT2D eigenvalue weighted by molar-refractivity contribution is -0.147. The molecule has 0 fully saturated rings. The number of ether oxygens (including phenoxy) is 5. The molecule has 0 bridgehead atoms. The Balaban J connectivity index is 2.83. The summed E-state index contributed by atoms with van der Waals surface area (Å²) in [6.45, 7) is 3.14. The van der Waals surface area contributed by atoms with Gasteiger partial charge in [-0.15, -0.1) is 0 Å². The minimum atomic E-state index is -0.817. The Morgan fingerprint density at radius 3 is 2.00 bits per heavy atom. The second kappa shape index (κ2) is 11.0. The van der Waals surface area contributed by atoms with E-state index in [0.29, 0.717) is 12.2 Å². The van der Waals surface area contributed by atoms with Gasteiger partial charge in [-0.1, -0.05) is 20.3 Å². The number of esters is 2. The maximum atomic E-state index is 12.3. The fourth-order valence-electron chi connectivity index (χ4n) is 2.42. The van der Waals surface area contributed by atoms with Crippen LogP contribution in [-0.4, -0.2) is 58.9 Å². The summed E-state index contributed by atoms with van der Waals surface area (Å²) in [4.78, 5) is 36.2. The summed E-state index contributed by atoms with van der Waals surface area (Å²) in [5.41, 5.74) is 0.119. The minimum Gasteiger partial charge on any atom is -0.493 e. The molecular formula is C19H27NO8. The van der Waals surface area contributed by atoms with Crippen LogP contribution in [0.2, 0.25) is 0 Å². The van der Waals surface area contributed by atoms with Crippen LogP contribution < -0.4 is 19.5 Å². The summed E-state index contributed by atoms with van der Waals surface area (Å²) in [6.07, 6.45) is 0.658. The Morgan fingerprint density at radius 2 is 1.57 bits per heavy atom. The van der Waals surface area contributed by atoms with Crippen molar-refractivity contribution < 1.29 is 38.1 Å². The number of nitrogens with one attached hydrogen (secondary N) is 1. The topological polar surface area (TPSA) is 109 Å². The Labute approximate surface area is 164 Å². The van der Waals surface area contributed by atoms with Crippen LogP contribution in [0.15, 0.2) is 12.1 Å². The molecule has 0 aliphatic heterocycles. The van der Waals surface area contributed by atoms with Crippen LogP contribution in [0.1, 0.15) is 30.6 Å². The normalized spacial score (nSPS) is 12.4. The molecule has 0 unspecified atom stereocenters. The quantitative estimate of drug-likeness (QED) is 0.593. The fraction of sp³-hybridized carbons (Fsp3) is 0.526. The number of hydrogen-bond acceptors (Lipinski definition) is 8. The third kappa shape index (κ3) is 5.77. The van der Waals surface area contributed by atoms with Gasteiger partial charge in [-0.3, -0.25) is 4.79 Å². The number of carbonyl (C=O) groups is 3. The monoisotopic (exact) mass is 397 g/mol. The number of benzene rings is 1. The zero-order chi connectivity index (χ0) is 21.3. The van der Waals surface area contributed by atoms with Crippen molar-refractivity contribution in [1.29, 1.82) is 0 Å². The van der Waals surface area contributed by atoms with Crippen molar-refractivity contribution in [3.63, 3.8) is 0 Å². The molecule has 0 heterocycles. The van der Waals surface area contributed by atoms with Gasteiger partial charge in [0, 0.05) is 0 Å². The molecule has 2 atom stereocenters. The molecule has 0 saturated carbocycles. The van der Waals surface area contributed by atoms with Gasteiger partial charge < -0.3 is 29.0 Å². The molecule has 0 aromatic heterocycles. The Kier molecular flexibility index (Phi) is 9.07. The van der Waals surface area contributed by atoms with Crippen LogP contribution in [0.4, 0.5) is 0 Å². The van der Waals surface area contributed by atoms with E-state index in [0.717, 1.165) is 0 Å². The maximum Gasteiger partial charge on any atom is 0.338 e. The molecule has 1 amide bonds. The van der Waals surface area contributed by atoms with E-state index >= 15 is 0 Å². The molecule has 0 spiro atoms. The average Bonchev–Trinajstić information content (AvgIpc) is 2.73. The van der Waals surface area contributed by atoms with Crippen molar-refractivity contribution in [1.82, 2.24) is 5.32 Å². The van der Waals surface area contributed by atoms with Gasteiger partial charge in [0.05, 0.1) is 34.0 Å². The van der Waals surface area contributed by atoms with E-state index in [-0.39, 0.29) is 23.0 Å². The van der Waals surface area contributed by atoms with Gasteiger partial charge >= 0.3 is 11.9 Å². The number of carbonyl (C=O) groups excluding carboxylic acids is 3. The van der Waals surface area contributed by atoms with Gasteiger partial charge in [0.15, 0.2) is 18.1 Å². The molecule has 156 valence electrons. The third-order valence-corrected chi connectivity index (χ3v) is 4.22. The first-order valence-corrected chi connectivity index (χ1v) is 8.67. The van der Waals surface area contributed by atoms with Crippen molar-refractivity contribution in [3.8, 4) is 17.2 Å². The van der Waals surface area contributed by atoms with E-state index in [1.165, 1.54) is 40.6 Å². The van der Waals surface area contributed by atoms with Crippen molar-refractivity contribution in [3.05, 3.63) is 17.7 Å². The summed E-state index contributed by atoms with van der Waals surface area (Å²) in [5, 5.41) is 2.53. The van der Waals surface area contributed by atoms with E-state index in [2.05, 4.69) is 5.32 Å². The number of amides is 1. The van der Waals surface area contributed by atoms with Gasteiger partial charge in [-0.05, 0) is 18.1 Å². The van der Waals surface area contributed by atoms with Crippen LogP contribution in [0.25, 0.3) is 0 Å². The van der Waals surface area contributed by atoms with E-state index < -0.39 is 30.5 Å². The van der Waals surface area contributed by atoms with Gasteiger partial charge in [0.25, 0.3) is 5.91 Å². The summed E-state index contributed by atoms with van der Waals surface area (Å²) < 4.78 is 25.3. The first-order valence-electron chi connectivity index (χ1n) is 8.67. The van der Waals surface area contributed by atoms with Crippen molar-refractivity contribution in [2.45, 2.75) is 26.3 Å². The largest absolute Gasteiger partial charge is 0.493 e. The second-order valence-corrected chi connectivity index (χ2v) is 5.94. The van der Waals surface area contributed by atoms with Gasteiger partial charge in [-0.2, -0.15) is 0 Å². The lowest BCUT2D eigenvalue weighted by atomic mass is 9.99. The maximum absolute atomic E-state index is 12.3. The van der Waals surface area contributed by atoms with Gasteiger partial charge in [0.2, 0.25) is 5.75 Å². The Bertz CT molecular complexity index is 678. The van der Waals surface area contributed by atoms with E-state index in [1.807, 2.05) is 13.8 Å². The molecule has 0 aliphatic carbocycles. The van der Waals surface area contributed by atoms with E-state index in [4.69, 9.17) is 23.7 Å². The molecule has 1 aromatic rings. The molecule has 0 aliphatic rings. The number of methoxy groups -OCH3 is 4. The molecule has 9 nitrogen and oxygen atoms in total. The second-order valence-electron chi connectivity index (χ2n) is 5.94. The van der Waals surface area contributed by atoms with Gasteiger partial charge in [-0.25, -0.2) is 9.59 Å². The lowest BCUT2D eigenvalue weighted by Crippen LogP contribution is -2.47. The van der Waals surface area contributed by atoms with E-state index in [9.17, 15) is 14.4 Å². The van der Waals surface area contributed by atoms with Crippen LogP contribution in [0.3, 0.4) is 0 Å².